The van der Waals surface area contributed by atoms with Crippen molar-refractivity contribution in [1.29, 1.82) is 0 Å². The molecule has 21 heavy (non-hydrogen) atoms. The Kier molecular flexibility index (Phi) is 5.77. The Morgan fingerprint density at radius 2 is 1.48 bits per heavy atom. The second-order valence-electron chi connectivity index (χ2n) is 6.35. The number of benzene rings is 2. The molecule has 1 atom stereocenters. The van der Waals surface area contributed by atoms with Crippen LogP contribution in [-0.2, 0) is 11.3 Å². The summed E-state index contributed by atoms with van der Waals surface area (Å²) in [6.07, 6.45) is 2.25. The molecule has 2 aromatic rings. The molecule has 0 aliphatic carbocycles. The van der Waals surface area contributed by atoms with Gasteiger partial charge in [0.25, 0.3) is 0 Å². The summed E-state index contributed by atoms with van der Waals surface area (Å²) >= 11 is 0. The van der Waals surface area contributed by atoms with E-state index in [4.69, 9.17) is 4.74 Å². The lowest BCUT2D eigenvalue weighted by molar-refractivity contribution is 0.0632. The molecule has 0 spiro atoms. The maximum atomic E-state index is 6.15. The third-order valence-corrected chi connectivity index (χ3v) is 4.36. The number of ether oxygens (including phenoxy) is 1. The summed E-state index contributed by atoms with van der Waals surface area (Å²) in [6, 6.07) is 23.1. The number of hydrogen-bond acceptors (Lipinski definition) is 1. The molecule has 0 fully saturated rings. The molecule has 2 aromatic carbocycles. The molecule has 0 saturated carbocycles. The van der Waals surface area contributed by atoms with Gasteiger partial charge in [0.15, 0.2) is 0 Å². The molecule has 2 rings (SSSR count). The van der Waals surface area contributed by atoms with E-state index in [1.807, 2.05) is 24.3 Å². The molecule has 2 heteroatoms. The van der Waals surface area contributed by atoms with Crippen LogP contribution in [0, 0.1) is 12.5 Å². The summed E-state index contributed by atoms with van der Waals surface area (Å²) in [5.41, 5.74) is 2.42. The van der Waals surface area contributed by atoms with Crippen LogP contribution in [0.2, 0.25) is 19.6 Å². The summed E-state index contributed by atoms with van der Waals surface area (Å²) in [6.45, 7) is 7.64. The smallest absolute Gasteiger partial charge is 0.0861 e. The van der Waals surface area contributed by atoms with Crippen molar-refractivity contribution < 1.29 is 4.74 Å². The van der Waals surface area contributed by atoms with Gasteiger partial charge in [0.2, 0.25) is 0 Å². The normalized spacial score (nSPS) is 13.1. The van der Waals surface area contributed by atoms with Crippen molar-refractivity contribution in [3.63, 3.8) is 0 Å². The van der Waals surface area contributed by atoms with Crippen molar-refractivity contribution >= 4 is 8.07 Å². The Labute approximate surface area is 130 Å². The zero-order valence-corrected chi connectivity index (χ0v) is 14.1. The SMILES string of the molecule is C[Si](C)(C)[CH][CH]C(OCc1ccccc1)c1ccccc1. The molecular weight excluding hydrogens is 272 g/mol. The molecule has 1 nitrogen and oxygen atoms in total. The fraction of sp³-hybridized carbons (Fsp3) is 0.263. The lowest BCUT2D eigenvalue weighted by Gasteiger charge is -2.22. The summed E-state index contributed by atoms with van der Waals surface area (Å²) in [7, 11) is -1.22. The molecule has 0 bridgehead atoms. The van der Waals surface area contributed by atoms with E-state index in [-0.39, 0.29) is 6.10 Å². The standard InChI is InChI=1S/C19H24OSi/c1-21(2,3)15-14-19(18-12-8-5-9-13-18)20-16-17-10-6-4-7-11-17/h4-15,19H,16H2,1-3H3. The quantitative estimate of drug-likeness (QED) is 0.636. The Morgan fingerprint density at radius 1 is 0.905 bits per heavy atom. The third kappa shape index (κ3) is 5.86. The first-order valence-corrected chi connectivity index (χ1v) is 11.0. The first-order valence-electron chi connectivity index (χ1n) is 7.44. The van der Waals surface area contributed by atoms with Crippen LogP contribution >= 0.6 is 0 Å². The van der Waals surface area contributed by atoms with E-state index in [1.54, 1.807) is 0 Å². The minimum atomic E-state index is -1.22. The summed E-state index contributed by atoms with van der Waals surface area (Å²) in [4.78, 5) is 0. The van der Waals surface area contributed by atoms with Gasteiger partial charge >= 0.3 is 0 Å². The monoisotopic (exact) mass is 296 g/mol. The van der Waals surface area contributed by atoms with E-state index >= 15 is 0 Å². The van der Waals surface area contributed by atoms with Gasteiger partial charge in [0.1, 0.15) is 0 Å². The average Bonchev–Trinajstić information content (AvgIpc) is 2.48. The zero-order valence-electron chi connectivity index (χ0n) is 13.1. The van der Waals surface area contributed by atoms with Crippen LogP contribution < -0.4 is 0 Å². The summed E-state index contributed by atoms with van der Waals surface area (Å²) < 4.78 is 6.15. The average molecular weight is 296 g/mol. The van der Waals surface area contributed by atoms with E-state index in [2.05, 4.69) is 68.5 Å². The molecule has 0 saturated heterocycles. The van der Waals surface area contributed by atoms with Gasteiger partial charge in [-0.2, -0.15) is 0 Å². The first-order chi connectivity index (χ1) is 10.0. The lowest BCUT2D eigenvalue weighted by Crippen LogP contribution is -2.23. The predicted molar refractivity (Wildman–Crippen MR) is 92.4 cm³/mol. The molecule has 1 unspecified atom stereocenters. The topological polar surface area (TPSA) is 9.23 Å². The van der Waals surface area contributed by atoms with Crippen molar-refractivity contribution in [3.8, 4) is 0 Å². The van der Waals surface area contributed by atoms with Gasteiger partial charge in [-0.05, 0) is 23.6 Å². The largest absolute Gasteiger partial charge is 0.369 e. The van der Waals surface area contributed by atoms with Crippen LogP contribution in [0.15, 0.2) is 60.7 Å². The summed E-state index contributed by atoms with van der Waals surface area (Å²) in [5, 5.41) is 0. The van der Waals surface area contributed by atoms with Crippen molar-refractivity contribution in [3.05, 3.63) is 84.3 Å². The molecular formula is C19H24OSi. The van der Waals surface area contributed by atoms with Crippen molar-refractivity contribution in [1.82, 2.24) is 0 Å². The zero-order chi connectivity index (χ0) is 15.1. The lowest BCUT2D eigenvalue weighted by atomic mass is 10.1. The van der Waals surface area contributed by atoms with Crippen LogP contribution in [0.5, 0.6) is 0 Å². The number of hydrogen-bond donors (Lipinski definition) is 0. The molecule has 0 amide bonds. The van der Waals surface area contributed by atoms with Crippen LogP contribution in [0.25, 0.3) is 0 Å². The Balaban J connectivity index is 2.02. The summed E-state index contributed by atoms with van der Waals surface area (Å²) in [5.74, 6) is 0. The van der Waals surface area contributed by atoms with E-state index in [1.165, 1.54) is 11.1 Å². The van der Waals surface area contributed by atoms with Crippen molar-refractivity contribution in [2.75, 3.05) is 0 Å². The minimum Gasteiger partial charge on any atom is -0.369 e. The maximum Gasteiger partial charge on any atom is 0.0861 e. The van der Waals surface area contributed by atoms with Crippen LogP contribution in [0.1, 0.15) is 17.2 Å². The van der Waals surface area contributed by atoms with Gasteiger partial charge < -0.3 is 4.74 Å². The highest BCUT2D eigenvalue weighted by Crippen LogP contribution is 2.25. The molecule has 110 valence electrons. The minimum absolute atomic E-state index is 0.0260. The highest BCUT2D eigenvalue weighted by Gasteiger charge is 2.19. The fourth-order valence-electron chi connectivity index (χ4n) is 2.04. The Morgan fingerprint density at radius 3 is 2.05 bits per heavy atom. The van der Waals surface area contributed by atoms with E-state index < -0.39 is 8.07 Å². The van der Waals surface area contributed by atoms with E-state index in [9.17, 15) is 0 Å². The highest BCUT2D eigenvalue weighted by molar-refractivity contribution is 6.79. The molecule has 0 N–H and O–H groups in total. The molecule has 0 aliphatic heterocycles. The van der Waals surface area contributed by atoms with Gasteiger partial charge in [0, 0.05) is 8.07 Å². The van der Waals surface area contributed by atoms with Crippen molar-refractivity contribution in [2.24, 2.45) is 0 Å². The van der Waals surface area contributed by atoms with Gasteiger partial charge in [-0.1, -0.05) is 80.3 Å². The van der Waals surface area contributed by atoms with E-state index in [0.717, 1.165) is 0 Å². The highest BCUT2D eigenvalue weighted by atomic mass is 28.3. The van der Waals surface area contributed by atoms with Crippen LogP contribution in [0.4, 0.5) is 0 Å². The van der Waals surface area contributed by atoms with Gasteiger partial charge in [-0.3, -0.25) is 0 Å². The molecule has 2 radical (unpaired) electrons. The van der Waals surface area contributed by atoms with Gasteiger partial charge in [-0.15, -0.1) is 0 Å². The Bertz CT molecular complexity index is 516. The van der Waals surface area contributed by atoms with Gasteiger partial charge in [0.05, 0.1) is 12.7 Å². The molecule has 0 heterocycles. The van der Waals surface area contributed by atoms with Crippen LogP contribution in [-0.4, -0.2) is 8.07 Å². The molecule has 0 aromatic heterocycles. The predicted octanol–water partition coefficient (Wildman–Crippen LogP) is 5.23. The second kappa shape index (κ2) is 7.58. The number of rotatable bonds is 7. The molecule has 0 aliphatic rings. The third-order valence-electron chi connectivity index (χ3n) is 3.17. The Hall–Kier alpha value is -1.38. The fourth-order valence-corrected chi connectivity index (χ4v) is 2.79. The van der Waals surface area contributed by atoms with E-state index in [0.29, 0.717) is 6.61 Å². The first kappa shape index (κ1) is 16.0. The van der Waals surface area contributed by atoms with Crippen molar-refractivity contribution in [2.45, 2.75) is 32.4 Å². The second-order valence-corrected chi connectivity index (χ2v) is 11.4. The van der Waals surface area contributed by atoms with Gasteiger partial charge in [-0.25, -0.2) is 0 Å². The van der Waals surface area contributed by atoms with Crippen LogP contribution in [0.3, 0.4) is 0 Å². The maximum absolute atomic E-state index is 6.15.